The van der Waals surface area contributed by atoms with E-state index in [2.05, 4.69) is 5.32 Å². The fourth-order valence-electron chi connectivity index (χ4n) is 3.26. The molecule has 1 aliphatic heterocycles. The Bertz CT molecular complexity index is 435. The highest BCUT2D eigenvalue weighted by molar-refractivity contribution is 5.77. The van der Waals surface area contributed by atoms with Gasteiger partial charge >= 0.3 is 12.1 Å². The molecule has 1 saturated heterocycles. The smallest absolute Gasteiger partial charge is 0.407 e. The Morgan fingerprint density at radius 2 is 1.96 bits per heavy atom. The van der Waals surface area contributed by atoms with Crippen molar-refractivity contribution in [3.63, 3.8) is 0 Å². The molecule has 1 heterocycles. The Hall–Kier alpha value is -1.30. The molecule has 2 atom stereocenters. The van der Waals surface area contributed by atoms with E-state index in [1.165, 1.54) is 0 Å². The van der Waals surface area contributed by atoms with Gasteiger partial charge in [0.25, 0.3) is 0 Å². The molecule has 0 aromatic rings. The van der Waals surface area contributed by atoms with Crippen LogP contribution < -0.4 is 5.32 Å². The number of carboxylic acids is 1. The van der Waals surface area contributed by atoms with Gasteiger partial charge in [0, 0.05) is 13.2 Å². The molecule has 2 unspecified atom stereocenters. The maximum atomic E-state index is 12.0. The molecule has 2 rings (SSSR count). The molecule has 0 aromatic carbocycles. The lowest BCUT2D eigenvalue weighted by atomic mass is 9.77. The average Bonchev–Trinajstić information content (AvgIpc) is 3.14. The first-order valence-electron chi connectivity index (χ1n) is 8.55. The summed E-state index contributed by atoms with van der Waals surface area (Å²) in [4.78, 5) is 23.9. The van der Waals surface area contributed by atoms with Crippen molar-refractivity contribution < 1.29 is 24.2 Å². The number of carbonyl (C=O) groups is 2. The van der Waals surface area contributed by atoms with Gasteiger partial charge < -0.3 is 19.9 Å². The van der Waals surface area contributed by atoms with Crippen LogP contribution in [0.1, 0.15) is 59.3 Å². The molecule has 0 spiro atoms. The summed E-state index contributed by atoms with van der Waals surface area (Å²) < 4.78 is 10.8. The molecule has 6 nitrogen and oxygen atoms in total. The van der Waals surface area contributed by atoms with E-state index in [-0.39, 0.29) is 18.6 Å². The number of rotatable bonds is 7. The van der Waals surface area contributed by atoms with Gasteiger partial charge in [-0.15, -0.1) is 0 Å². The number of ether oxygens (including phenoxy) is 2. The SMILES string of the molecule is CC(C)(C)OC(=O)NCC(CCC1CCCO1)(C(=O)O)C1CC1. The van der Waals surface area contributed by atoms with E-state index in [4.69, 9.17) is 9.47 Å². The monoisotopic (exact) mass is 327 g/mol. The second-order valence-electron chi connectivity index (χ2n) is 7.76. The molecule has 23 heavy (non-hydrogen) atoms. The largest absolute Gasteiger partial charge is 0.481 e. The number of amides is 1. The molecule has 0 bridgehead atoms. The number of hydrogen-bond acceptors (Lipinski definition) is 4. The number of aliphatic carboxylic acids is 1. The Kier molecular flexibility index (Phi) is 5.55. The molecule has 2 fully saturated rings. The molecule has 1 aliphatic carbocycles. The molecule has 1 saturated carbocycles. The first-order chi connectivity index (χ1) is 10.7. The third kappa shape index (κ3) is 5.09. The molecule has 0 aromatic heterocycles. The van der Waals surface area contributed by atoms with E-state index in [1.54, 1.807) is 20.8 Å². The third-order valence-corrected chi connectivity index (χ3v) is 4.67. The lowest BCUT2D eigenvalue weighted by Crippen LogP contribution is -2.46. The maximum absolute atomic E-state index is 12.0. The lowest BCUT2D eigenvalue weighted by molar-refractivity contribution is -0.151. The van der Waals surface area contributed by atoms with Gasteiger partial charge in [0.05, 0.1) is 11.5 Å². The van der Waals surface area contributed by atoms with Crippen LogP contribution in [0.2, 0.25) is 0 Å². The number of alkyl carbamates (subject to hydrolysis) is 1. The highest BCUT2D eigenvalue weighted by Gasteiger charge is 2.51. The predicted molar refractivity (Wildman–Crippen MR) is 85.2 cm³/mol. The highest BCUT2D eigenvalue weighted by atomic mass is 16.6. The summed E-state index contributed by atoms with van der Waals surface area (Å²) in [5, 5.41) is 12.5. The lowest BCUT2D eigenvalue weighted by Gasteiger charge is -2.31. The zero-order chi connectivity index (χ0) is 17.1. The summed E-state index contributed by atoms with van der Waals surface area (Å²) in [6, 6.07) is 0. The first-order valence-corrected chi connectivity index (χ1v) is 8.55. The molecule has 0 radical (unpaired) electrons. The quantitative estimate of drug-likeness (QED) is 0.751. The van der Waals surface area contributed by atoms with Gasteiger partial charge in [-0.25, -0.2) is 4.79 Å². The van der Waals surface area contributed by atoms with Crippen LogP contribution in [0.25, 0.3) is 0 Å². The van der Waals surface area contributed by atoms with Crippen LogP contribution in [-0.4, -0.2) is 42.0 Å². The van der Waals surface area contributed by atoms with Crippen LogP contribution >= 0.6 is 0 Å². The van der Waals surface area contributed by atoms with Gasteiger partial charge in [-0.2, -0.15) is 0 Å². The normalized spacial score (nSPS) is 24.0. The van der Waals surface area contributed by atoms with E-state index in [0.717, 1.165) is 38.7 Å². The van der Waals surface area contributed by atoms with Crippen molar-refractivity contribution in [3.05, 3.63) is 0 Å². The van der Waals surface area contributed by atoms with Crippen LogP contribution in [0.3, 0.4) is 0 Å². The predicted octanol–water partition coefficient (Wildman–Crippen LogP) is 2.95. The summed E-state index contributed by atoms with van der Waals surface area (Å²) in [7, 11) is 0. The second kappa shape index (κ2) is 7.07. The Morgan fingerprint density at radius 1 is 1.26 bits per heavy atom. The van der Waals surface area contributed by atoms with E-state index in [1.807, 2.05) is 0 Å². The average molecular weight is 327 g/mol. The van der Waals surface area contributed by atoms with Crippen molar-refractivity contribution in [2.24, 2.45) is 11.3 Å². The van der Waals surface area contributed by atoms with E-state index in [9.17, 15) is 14.7 Å². The summed E-state index contributed by atoms with van der Waals surface area (Å²) in [5.74, 6) is -0.689. The van der Waals surface area contributed by atoms with E-state index < -0.39 is 23.1 Å². The van der Waals surface area contributed by atoms with Gasteiger partial charge in [0.2, 0.25) is 0 Å². The van der Waals surface area contributed by atoms with Crippen LogP contribution in [0.15, 0.2) is 0 Å². The molecule has 132 valence electrons. The zero-order valence-electron chi connectivity index (χ0n) is 14.4. The summed E-state index contributed by atoms with van der Waals surface area (Å²) >= 11 is 0. The fraction of sp³-hybridized carbons (Fsp3) is 0.882. The third-order valence-electron chi connectivity index (χ3n) is 4.67. The summed E-state index contributed by atoms with van der Waals surface area (Å²) in [6.45, 7) is 6.25. The Morgan fingerprint density at radius 3 is 2.43 bits per heavy atom. The molecular formula is C17H29NO5. The Balaban J connectivity index is 1.95. The van der Waals surface area contributed by atoms with Crippen LogP contribution in [0, 0.1) is 11.3 Å². The van der Waals surface area contributed by atoms with Gasteiger partial charge in [0.15, 0.2) is 0 Å². The summed E-state index contributed by atoms with van der Waals surface area (Å²) in [5.41, 5.74) is -1.49. The van der Waals surface area contributed by atoms with E-state index in [0.29, 0.717) is 6.42 Å². The van der Waals surface area contributed by atoms with Gasteiger partial charge in [-0.05, 0) is 65.2 Å². The van der Waals surface area contributed by atoms with Crippen molar-refractivity contribution in [3.8, 4) is 0 Å². The molecule has 6 heteroatoms. The summed E-state index contributed by atoms with van der Waals surface area (Å²) in [6.07, 6.45) is 4.74. The minimum absolute atomic E-state index is 0.120. The fourth-order valence-corrected chi connectivity index (χ4v) is 3.26. The molecular weight excluding hydrogens is 298 g/mol. The first kappa shape index (κ1) is 18.0. The van der Waals surface area contributed by atoms with Crippen LogP contribution in [-0.2, 0) is 14.3 Å². The number of carboxylic acid groups (broad SMARTS) is 1. The van der Waals surface area contributed by atoms with Crippen LogP contribution in [0.5, 0.6) is 0 Å². The van der Waals surface area contributed by atoms with E-state index >= 15 is 0 Å². The molecule has 1 amide bonds. The minimum Gasteiger partial charge on any atom is -0.481 e. The van der Waals surface area contributed by atoms with Crippen molar-refractivity contribution in [2.45, 2.75) is 71.0 Å². The molecule has 2 aliphatic rings. The minimum atomic E-state index is -0.900. The zero-order valence-corrected chi connectivity index (χ0v) is 14.4. The standard InChI is InChI=1S/C17H29NO5/c1-16(2,3)23-15(21)18-11-17(14(19)20,12-6-7-12)9-8-13-5-4-10-22-13/h12-13H,4-11H2,1-3H3,(H,18,21)(H,19,20). The van der Waals surface area contributed by atoms with Gasteiger partial charge in [0.1, 0.15) is 5.60 Å². The van der Waals surface area contributed by atoms with Crippen molar-refractivity contribution >= 4 is 12.1 Å². The number of hydrogen-bond donors (Lipinski definition) is 2. The molecule has 2 N–H and O–H groups in total. The van der Waals surface area contributed by atoms with Crippen molar-refractivity contribution in [1.29, 1.82) is 0 Å². The van der Waals surface area contributed by atoms with Gasteiger partial charge in [-0.1, -0.05) is 0 Å². The Labute approximate surface area is 137 Å². The van der Waals surface area contributed by atoms with Crippen molar-refractivity contribution in [2.75, 3.05) is 13.2 Å². The number of nitrogens with one attached hydrogen (secondary N) is 1. The van der Waals surface area contributed by atoms with Crippen LogP contribution in [0.4, 0.5) is 4.79 Å². The second-order valence-corrected chi connectivity index (χ2v) is 7.76. The van der Waals surface area contributed by atoms with Gasteiger partial charge in [-0.3, -0.25) is 4.79 Å². The highest BCUT2D eigenvalue weighted by Crippen LogP contribution is 2.49. The number of carbonyl (C=O) groups excluding carboxylic acids is 1. The topological polar surface area (TPSA) is 84.9 Å². The van der Waals surface area contributed by atoms with Crippen molar-refractivity contribution in [1.82, 2.24) is 5.32 Å². The maximum Gasteiger partial charge on any atom is 0.407 e.